The van der Waals surface area contributed by atoms with Crippen LogP contribution in [-0.2, 0) is 0 Å². The van der Waals surface area contributed by atoms with Gasteiger partial charge >= 0.3 is 0 Å². The molecule has 3 N–H and O–H groups in total. The van der Waals surface area contributed by atoms with Crippen molar-refractivity contribution in [1.82, 2.24) is 0 Å². The van der Waals surface area contributed by atoms with Crippen LogP contribution < -0.4 is 11.1 Å². The molecule has 1 aromatic carbocycles. The maximum atomic E-state index is 11.9. The molecule has 0 fully saturated rings. The summed E-state index contributed by atoms with van der Waals surface area (Å²) in [6.45, 7) is 0. The number of anilines is 2. The van der Waals surface area contributed by atoms with Gasteiger partial charge in [-0.3, -0.25) is 4.79 Å². The second kappa shape index (κ2) is 4.67. The van der Waals surface area contributed by atoms with Gasteiger partial charge in [0.15, 0.2) is 0 Å². The monoisotopic (exact) mass is 296 g/mol. The van der Waals surface area contributed by atoms with Crippen molar-refractivity contribution in [2.24, 2.45) is 0 Å². The van der Waals surface area contributed by atoms with Crippen LogP contribution in [0.25, 0.3) is 0 Å². The highest BCUT2D eigenvalue weighted by Crippen LogP contribution is 2.21. The molecular formula is C11H9BrN2OS. The van der Waals surface area contributed by atoms with Crippen LogP contribution in [0.4, 0.5) is 11.4 Å². The summed E-state index contributed by atoms with van der Waals surface area (Å²) in [6.07, 6.45) is 0. The van der Waals surface area contributed by atoms with E-state index in [9.17, 15) is 4.79 Å². The van der Waals surface area contributed by atoms with Crippen LogP contribution in [0.2, 0.25) is 0 Å². The van der Waals surface area contributed by atoms with E-state index in [2.05, 4.69) is 21.2 Å². The summed E-state index contributed by atoms with van der Waals surface area (Å²) in [7, 11) is 0. The van der Waals surface area contributed by atoms with Gasteiger partial charge in [-0.2, -0.15) is 11.3 Å². The van der Waals surface area contributed by atoms with E-state index >= 15 is 0 Å². The lowest BCUT2D eigenvalue weighted by molar-refractivity contribution is 0.102. The highest BCUT2D eigenvalue weighted by molar-refractivity contribution is 9.10. The minimum Gasteiger partial charge on any atom is -0.399 e. The molecule has 0 spiro atoms. The number of hydrogen-bond donors (Lipinski definition) is 2. The fourth-order valence-corrected chi connectivity index (χ4v) is 2.27. The molecule has 0 aliphatic rings. The molecule has 5 heteroatoms. The van der Waals surface area contributed by atoms with E-state index < -0.39 is 0 Å². The first-order valence-corrected chi connectivity index (χ1v) is 6.29. The average molecular weight is 297 g/mol. The van der Waals surface area contributed by atoms with Gasteiger partial charge < -0.3 is 11.1 Å². The molecule has 2 rings (SSSR count). The third-order valence-corrected chi connectivity index (χ3v) is 3.39. The number of carbonyl (C=O) groups excluding carboxylic acids is 1. The molecule has 0 saturated carbocycles. The first kappa shape index (κ1) is 11.2. The lowest BCUT2D eigenvalue weighted by Crippen LogP contribution is -2.12. The van der Waals surface area contributed by atoms with E-state index in [4.69, 9.17) is 5.73 Å². The summed E-state index contributed by atoms with van der Waals surface area (Å²) < 4.78 is 0.731. The fourth-order valence-electron chi connectivity index (χ4n) is 1.25. The molecule has 0 unspecified atom stereocenters. The van der Waals surface area contributed by atoms with Crippen molar-refractivity contribution in [3.63, 3.8) is 0 Å². The summed E-state index contributed by atoms with van der Waals surface area (Å²) in [4.78, 5) is 11.9. The average Bonchev–Trinajstić information content (AvgIpc) is 2.74. The molecule has 1 aromatic heterocycles. The second-order valence-corrected chi connectivity index (χ2v) is 4.84. The topological polar surface area (TPSA) is 55.1 Å². The summed E-state index contributed by atoms with van der Waals surface area (Å²) in [5.74, 6) is -0.169. The third kappa shape index (κ3) is 2.43. The second-order valence-electron chi connectivity index (χ2n) is 3.21. The molecule has 0 radical (unpaired) electrons. The molecule has 1 heterocycles. The maximum absolute atomic E-state index is 11.9. The molecule has 0 atom stereocenters. The number of hydrogen-bond acceptors (Lipinski definition) is 3. The largest absolute Gasteiger partial charge is 0.399 e. The van der Waals surface area contributed by atoms with Crippen LogP contribution in [0.3, 0.4) is 0 Å². The highest BCUT2D eigenvalue weighted by Gasteiger charge is 2.10. The Hall–Kier alpha value is -1.33. The van der Waals surface area contributed by atoms with Gasteiger partial charge in [-0.1, -0.05) is 0 Å². The van der Waals surface area contributed by atoms with Gasteiger partial charge in [-0.25, -0.2) is 0 Å². The lowest BCUT2D eigenvalue weighted by atomic mass is 10.2. The van der Waals surface area contributed by atoms with E-state index in [0.717, 1.165) is 10.2 Å². The molecule has 3 nitrogen and oxygen atoms in total. The standard InChI is InChI=1S/C11H9BrN2OS/c12-10-2-1-7(13)5-9(10)11(15)14-8-3-4-16-6-8/h1-6H,13H2,(H,14,15). The van der Waals surface area contributed by atoms with Gasteiger partial charge in [0.1, 0.15) is 0 Å². The Labute approximate surface area is 105 Å². The van der Waals surface area contributed by atoms with Gasteiger partial charge in [-0.15, -0.1) is 0 Å². The summed E-state index contributed by atoms with van der Waals surface area (Å²) in [5.41, 5.74) is 7.54. The minimum atomic E-state index is -0.169. The van der Waals surface area contributed by atoms with E-state index in [0.29, 0.717) is 11.3 Å². The fraction of sp³-hybridized carbons (Fsp3) is 0. The third-order valence-electron chi connectivity index (χ3n) is 2.01. The summed E-state index contributed by atoms with van der Waals surface area (Å²) >= 11 is 4.85. The number of nitrogens with two attached hydrogens (primary N) is 1. The molecule has 2 aromatic rings. The molecule has 0 bridgehead atoms. The van der Waals surface area contributed by atoms with Crippen LogP contribution in [0.15, 0.2) is 39.5 Å². The van der Waals surface area contributed by atoms with Crippen molar-refractivity contribution in [3.8, 4) is 0 Å². The predicted octanol–water partition coefficient (Wildman–Crippen LogP) is 3.35. The number of rotatable bonds is 2. The van der Waals surface area contributed by atoms with E-state index in [1.165, 1.54) is 11.3 Å². The molecular weight excluding hydrogens is 288 g/mol. The van der Waals surface area contributed by atoms with E-state index in [1.54, 1.807) is 18.2 Å². The van der Waals surface area contributed by atoms with Gasteiger partial charge in [0.05, 0.1) is 11.3 Å². The van der Waals surface area contributed by atoms with Gasteiger partial charge in [-0.05, 0) is 45.6 Å². The Morgan fingerprint density at radius 1 is 1.38 bits per heavy atom. The molecule has 0 aliphatic carbocycles. The molecule has 1 amide bonds. The number of benzene rings is 1. The SMILES string of the molecule is Nc1ccc(Br)c(C(=O)Nc2ccsc2)c1. The number of nitrogen functional groups attached to an aromatic ring is 1. The number of amides is 1. The van der Waals surface area contributed by atoms with Crippen LogP contribution in [-0.4, -0.2) is 5.91 Å². The van der Waals surface area contributed by atoms with E-state index in [-0.39, 0.29) is 5.91 Å². The molecule has 0 saturated heterocycles. The van der Waals surface area contributed by atoms with E-state index in [1.807, 2.05) is 16.8 Å². The molecule has 16 heavy (non-hydrogen) atoms. The van der Waals surface area contributed by atoms with Gasteiger partial charge in [0.2, 0.25) is 0 Å². The zero-order chi connectivity index (χ0) is 11.5. The Morgan fingerprint density at radius 2 is 2.19 bits per heavy atom. The Kier molecular flexibility index (Phi) is 3.26. The van der Waals surface area contributed by atoms with Crippen LogP contribution >= 0.6 is 27.3 Å². The predicted molar refractivity (Wildman–Crippen MR) is 70.8 cm³/mol. The van der Waals surface area contributed by atoms with Crippen molar-refractivity contribution >= 4 is 44.5 Å². The summed E-state index contributed by atoms with van der Waals surface area (Å²) in [5, 5.41) is 6.57. The molecule has 0 aliphatic heterocycles. The number of halogens is 1. The lowest BCUT2D eigenvalue weighted by Gasteiger charge is -2.05. The van der Waals surface area contributed by atoms with Crippen molar-refractivity contribution in [3.05, 3.63) is 45.1 Å². The Bertz CT molecular complexity index is 511. The number of nitrogens with one attached hydrogen (secondary N) is 1. The van der Waals surface area contributed by atoms with Gasteiger partial charge in [0.25, 0.3) is 5.91 Å². The van der Waals surface area contributed by atoms with Crippen molar-refractivity contribution < 1.29 is 4.79 Å². The van der Waals surface area contributed by atoms with Crippen LogP contribution in [0, 0.1) is 0 Å². The van der Waals surface area contributed by atoms with Gasteiger partial charge in [0, 0.05) is 15.5 Å². The normalized spacial score (nSPS) is 10.1. The first-order chi connectivity index (χ1) is 7.66. The smallest absolute Gasteiger partial charge is 0.256 e. The first-order valence-electron chi connectivity index (χ1n) is 4.55. The summed E-state index contributed by atoms with van der Waals surface area (Å²) in [6, 6.07) is 7.00. The zero-order valence-corrected chi connectivity index (χ0v) is 10.6. The number of carbonyl (C=O) groups is 1. The number of thiophene rings is 1. The zero-order valence-electron chi connectivity index (χ0n) is 8.24. The molecule has 82 valence electrons. The van der Waals surface area contributed by atoms with Crippen LogP contribution in [0.5, 0.6) is 0 Å². The minimum absolute atomic E-state index is 0.169. The maximum Gasteiger partial charge on any atom is 0.256 e. The quantitative estimate of drug-likeness (QED) is 0.835. The Balaban J connectivity index is 2.24. The van der Waals surface area contributed by atoms with Crippen molar-refractivity contribution in [2.75, 3.05) is 11.1 Å². The Morgan fingerprint density at radius 3 is 2.88 bits per heavy atom. The highest BCUT2D eigenvalue weighted by atomic mass is 79.9. The van der Waals surface area contributed by atoms with Crippen molar-refractivity contribution in [2.45, 2.75) is 0 Å². The van der Waals surface area contributed by atoms with Crippen LogP contribution in [0.1, 0.15) is 10.4 Å². The van der Waals surface area contributed by atoms with Crippen molar-refractivity contribution in [1.29, 1.82) is 0 Å².